The van der Waals surface area contributed by atoms with E-state index in [2.05, 4.69) is 16.3 Å². The number of nitrogens with zero attached hydrogens (tertiary/aromatic N) is 5. The smallest absolute Gasteiger partial charge is 0.237 e. The molecule has 2 aromatic carbocycles. The quantitative estimate of drug-likeness (QED) is 0.546. The Balaban J connectivity index is 1.77. The van der Waals surface area contributed by atoms with Gasteiger partial charge in [-0.1, -0.05) is 42.1 Å². The molecule has 1 amide bonds. The van der Waals surface area contributed by atoms with Crippen LogP contribution in [0.5, 0.6) is 5.75 Å². The second kappa shape index (κ2) is 9.58. The number of ether oxygens (including phenoxy) is 1. The van der Waals surface area contributed by atoms with E-state index in [1.807, 2.05) is 53.1 Å². The van der Waals surface area contributed by atoms with Crippen LogP contribution >= 0.6 is 11.8 Å². The van der Waals surface area contributed by atoms with Crippen LogP contribution in [0.25, 0.3) is 5.69 Å². The number of hydrogen-bond acceptors (Lipinski definition) is 6. The molecule has 0 saturated carbocycles. The lowest BCUT2D eigenvalue weighted by Crippen LogP contribution is -2.33. The summed E-state index contributed by atoms with van der Waals surface area (Å²) in [5, 5.41) is 17.7. The van der Waals surface area contributed by atoms with Gasteiger partial charge in [0.2, 0.25) is 5.91 Å². The molecule has 0 unspecified atom stereocenters. The summed E-state index contributed by atoms with van der Waals surface area (Å²) in [6.07, 6.45) is 1.85. The summed E-state index contributed by atoms with van der Waals surface area (Å²) in [6.45, 7) is 0.293. The molecule has 3 rings (SSSR count). The first-order valence-corrected chi connectivity index (χ1v) is 9.61. The van der Waals surface area contributed by atoms with Crippen LogP contribution in [-0.2, 0) is 4.79 Å². The first-order valence-electron chi connectivity index (χ1n) is 8.63. The van der Waals surface area contributed by atoms with Crippen molar-refractivity contribution in [1.29, 1.82) is 5.26 Å². The van der Waals surface area contributed by atoms with Gasteiger partial charge in [0.15, 0.2) is 5.16 Å². The van der Waals surface area contributed by atoms with Gasteiger partial charge >= 0.3 is 0 Å². The number of para-hydroxylation sites is 3. The number of thioether (sulfide) groups is 1. The summed E-state index contributed by atoms with van der Waals surface area (Å²) >= 11 is 1.30. The Morgan fingerprint density at radius 2 is 1.96 bits per heavy atom. The van der Waals surface area contributed by atoms with Gasteiger partial charge < -0.3 is 9.64 Å². The van der Waals surface area contributed by atoms with Crippen molar-refractivity contribution in [2.45, 2.75) is 11.6 Å². The molecule has 3 aromatic rings. The predicted molar refractivity (Wildman–Crippen MR) is 108 cm³/mol. The zero-order valence-corrected chi connectivity index (χ0v) is 16.2. The number of carbonyl (C=O) groups excluding carboxylic acids is 1. The fourth-order valence-electron chi connectivity index (χ4n) is 2.69. The third kappa shape index (κ3) is 4.50. The van der Waals surface area contributed by atoms with Crippen LogP contribution in [0.4, 0.5) is 5.69 Å². The SMILES string of the molecule is COc1ccccc1N(CCC#N)C(=O)CSc1nncn1-c1ccccc1. The van der Waals surface area contributed by atoms with Crippen LogP contribution in [-0.4, -0.2) is 40.1 Å². The van der Waals surface area contributed by atoms with Gasteiger partial charge in [-0.2, -0.15) is 5.26 Å². The van der Waals surface area contributed by atoms with E-state index in [4.69, 9.17) is 10.00 Å². The number of anilines is 1. The van der Waals surface area contributed by atoms with Gasteiger partial charge in [-0.15, -0.1) is 10.2 Å². The number of rotatable bonds is 8. The standard InChI is InChI=1S/C20H19N5O2S/c1-27-18-11-6-5-10-17(18)24(13-7-12-21)19(26)14-28-20-23-22-15-25(20)16-8-3-2-4-9-16/h2-6,8-11,15H,7,13-14H2,1H3. The van der Waals surface area contributed by atoms with E-state index in [0.29, 0.717) is 23.1 Å². The summed E-state index contributed by atoms with van der Waals surface area (Å²) in [7, 11) is 1.56. The second-order valence-corrected chi connectivity index (χ2v) is 6.68. The number of aromatic nitrogens is 3. The molecule has 0 N–H and O–H groups in total. The molecule has 0 fully saturated rings. The Morgan fingerprint density at radius 3 is 2.71 bits per heavy atom. The third-order valence-electron chi connectivity index (χ3n) is 4.00. The lowest BCUT2D eigenvalue weighted by Gasteiger charge is -2.23. The molecule has 7 nitrogen and oxygen atoms in total. The molecule has 1 aromatic heterocycles. The van der Waals surface area contributed by atoms with E-state index in [1.54, 1.807) is 24.4 Å². The van der Waals surface area contributed by atoms with Gasteiger partial charge in [0.1, 0.15) is 12.1 Å². The summed E-state index contributed by atoms with van der Waals surface area (Å²) in [5.74, 6) is 0.619. The minimum absolute atomic E-state index is 0.132. The summed E-state index contributed by atoms with van der Waals surface area (Å²) in [5.41, 5.74) is 1.57. The minimum atomic E-state index is -0.132. The van der Waals surface area contributed by atoms with Crippen molar-refractivity contribution < 1.29 is 9.53 Å². The van der Waals surface area contributed by atoms with E-state index in [0.717, 1.165) is 5.69 Å². The molecule has 142 valence electrons. The summed E-state index contributed by atoms with van der Waals surface area (Å²) < 4.78 is 7.21. The van der Waals surface area contributed by atoms with Crippen LogP contribution in [0, 0.1) is 11.3 Å². The minimum Gasteiger partial charge on any atom is -0.495 e. The molecule has 0 aliphatic rings. The van der Waals surface area contributed by atoms with E-state index < -0.39 is 0 Å². The molecule has 0 bridgehead atoms. The van der Waals surface area contributed by atoms with Gasteiger partial charge in [-0.3, -0.25) is 9.36 Å². The van der Waals surface area contributed by atoms with Gasteiger partial charge in [0.25, 0.3) is 0 Å². The van der Waals surface area contributed by atoms with Crippen LogP contribution in [0.3, 0.4) is 0 Å². The molecule has 1 heterocycles. The lowest BCUT2D eigenvalue weighted by atomic mass is 10.2. The summed E-state index contributed by atoms with van der Waals surface area (Å²) in [4.78, 5) is 14.5. The maximum absolute atomic E-state index is 12.9. The zero-order valence-electron chi connectivity index (χ0n) is 15.4. The highest BCUT2D eigenvalue weighted by Gasteiger charge is 2.20. The normalized spacial score (nSPS) is 10.3. The highest BCUT2D eigenvalue weighted by Crippen LogP contribution is 2.29. The molecule has 0 aliphatic heterocycles. The fourth-order valence-corrected chi connectivity index (χ4v) is 3.49. The van der Waals surface area contributed by atoms with E-state index >= 15 is 0 Å². The fraction of sp³-hybridized carbons (Fsp3) is 0.200. The highest BCUT2D eigenvalue weighted by molar-refractivity contribution is 7.99. The lowest BCUT2D eigenvalue weighted by molar-refractivity contribution is -0.116. The Morgan fingerprint density at radius 1 is 1.21 bits per heavy atom. The van der Waals surface area contributed by atoms with Gasteiger partial charge in [-0.05, 0) is 24.3 Å². The van der Waals surface area contributed by atoms with Crippen molar-refractivity contribution in [2.75, 3.05) is 24.3 Å². The van der Waals surface area contributed by atoms with Crippen molar-refractivity contribution in [3.8, 4) is 17.5 Å². The number of nitriles is 1. The molecule has 0 spiro atoms. The van der Waals surface area contributed by atoms with Crippen molar-refractivity contribution in [1.82, 2.24) is 14.8 Å². The Kier molecular flexibility index (Phi) is 6.65. The van der Waals surface area contributed by atoms with Crippen LogP contribution < -0.4 is 9.64 Å². The van der Waals surface area contributed by atoms with E-state index in [1.165, 1.54) is 11.8 Å². The van der Waals surface area contributed by atoms with E-state index in [-0.39, 0.29) is 18.1 Å². The largest absolute Gasteiger partial charge is 0.495 e. The number of methoxy groups -OCH3 is 1. The molecule has 8 heteroatoms. The summed E-state index contributed by atoms with van der Waals surface area (Å²) in [6, 6.07) is 19.1. The molecule has 28 heavy (non-hydrogen) atoms. The predicted octanol–water partition coefficient (Wildman–Crippen LogP) is 3.31. The average molecular weight is 393 g/mol. The Bertz CT molecular complexity index is 968. The van der Waals surface area contributed by atoms with Crippen molar-refractivity contribution in [3.63, 3.8) is 0 Å². The molecular formula is C20H19N5O2S. The molecule has 0 atom stereocenters. The second-order valence-electron chi connectivity index (χ2n) is 5.73. The monoisotopic (exact) mass is 393 g/mol. The van der Waals surface area contributed by atoms with Gasteiger partial charge in [-0.25, -0.2) is 0 Å². The number of hydrogen-bond donors (Lipinski definition) is 0. The zero-order chi connectivity index (χ0) is 19.8. The molecule has 0 radical (unpaired) electrons. The topological polar surface area (TPSA) is 84.0 Å². The Labute approximate surface area is 167 Å². The highest BCUT2D eigenvalue weighted by atomic mass is 32.2. The average Bonchev–Trinajstić information content (AvgIpc) is 3.22. The Hall–Kier alpha value is -3.31. The maximum Gasteiger partial charge on any atom is 0.237 e. The van der Waals surface area contributed by atoms with Crippen molar-refractivity contribution in [2.24, 2.45) is 0 Å². The number of benzene rings is 2. The first kappa shape index (κ1) is 19.5. The third-order valence-corrected chi connectivity index (χ3v) is 4.93. The van der Waals surface area contributed by atoms with Crippen LogP contribution in [0.2, 0.25) is 0 Å². The van der Waals surface area contributed by atoms with Gasteiger partial charge in [0, 0.05) is 12.2 Å². The maximum atomic E-state index is 12.9. The van der Waals surface area contributed by atoms with E-state index in [9.17, 15) is 4.79 Å². The van der Waals surface area contributed by atoms with Crippen molar-refractivity contribution in [3.05, 3.63) is 60.9 Å². The number of carbonyl (C=O) groups is 1. The molecule has 0 aliphatic carbocycles. The molecule has 0 saturated heterocycles. The van der Waals surface area contributed by atoms with Crippen molar-refractivity contribution >= 4 is 23.4 Å². The van der Waals surface area contributed by atoms with Gasteiger partial charge in [0.05, 0.1) is 31.0 Å². The number of amides is 1. The van der Waals surface area contributed by atoms with Crippen LogP contribution in [0.1, 0.15) is 6.42 Å². The molecular weight excluding hydrogens is 374 g/mol. The van der Waals surface area contributed by atoms with Crippen LogP contribution in [0.15, 0.2) is 66.1 Å². The first-order chi connectivity index (χ1) is 13.7.